The number of amides is 1. The van der Waals surface area contributed by atoms with Crippen molar-refractivity contribution in [2.75, 3.05) is 25.2 Å². The van der Waals surface area contributed by atoms with E-state index < -0.39 is 0 Å². The van der Waals surface area contributed by atoms with Crippen LogP contribution in [0.15, 0.2) is 53.7 Å². The van der Waals surface area contributed by atoms with Gasteiger partial charge in [-0.25, -0.2) is 0 Å². The number of carbonyl (C=O) groups excluding carboxylic acids is 2. The van der Waals surface area contributed by atoms with E-state index in [0.29, 0.717) is 12.1 Å². The number of Topliss-reactive ketones (excluding diaryl/α,β-unsaturated/α-hetero) is 1. The molecule has 1 aliphatic heterocycles. The van der Waals surface area contributed by atoms with Crippen molar-refractivity contribution in [3.8, 4) is 0 Å². The highest BCUT2D eigenvalue weighted by molar-refractivity contribution is 7.99. The second kappa shape index (κ2) is 9.89. The third-order valence-electron chi connectivity index (χ3n) is 6.06. The first kappa shape index (κ1) is 23.2. The normalized spacial score (nSPS) is 16.0. The zero-order valence-corrected chi connectivity index (χ0v) is 20.2. The summed E-state index contributed by atoms with van der Waals surface area (Å²) in [6.45, 7) is 4.64. The molecule has 4 rings (SSSR count). The average molecular weight is 464 g/mol. The quantitative estimate of drug-likeness (QED) is 0.375. The zero-order valence-electron chi connectivity index (χ0n) is 19.4. The molecule has 0 unspecified atom stereocenters. The fourth-order valence-electron chi connectivity index (χ4n) is 4.15. The maximum Gasteiger partial charge on any atom is 0.231 e. The average Bonchev–Trinajstić information content (AvgIpc) is 3.33. The molecule has 1 aromatic heterocycles. The highest BCUT2D eigenvalue weighted by atomic mass is 32.2. The van der Waals surface area contributed by atoms with E-state index in [0.717, 1.165) is 34.2 Å². The van der Waals surface area contributed by atoms with Crippen LogP contribution < -0.4 is 5.32 Å². The minimum Gasteiger partial charge on any atom is -0.325 e. The van der Waals surface area contributed by atoms with E-state index in [-0.39, 0.29) is 29.4 Å². The fraction of sp³-hybridized carbons (Fsp3) is 0.360. The van der Waals surface area contributed by atoms with Crippen LogP contribution in [0, 0.1) is 0 Å². The van der Waals surface area contributed by atoms with Gasteiger partial charge in [0.1, 0.15) is 0 Å². The lowest BCUT2D eigenvalue weighted by molar-refractivity contribution is -0.116. The van der Waals surface area contributed by atoms with Gasteiger partial charge < -0.3 is 9.88 Å². The van der Waals surface area contributed by atoms with E-state index in [4.69, 9.17) is 0 Å². The topological polar surface area (TPSA) is 80.1 Å². The van der Waals surface area contributed by atoms with Crippen LogP contribution in [0.5, 0.6) is 0 Å². The summed E-state index contributed by atoms with van der Waals surface area (Å²) >= 11 is 1.40. The third-order valence-corrected chi connectivity index (χ3v) is 7.03. The number of rotatable bonds is 9. The number of benzene rings is 2. The van der Waals surface area contributed by atoms with Crippen molar-refractivity contribution in [3.05, 3.63) is 71.0 Å². The first-order chi connectivity index (χ1) is 15.9. The summed E-state index contributed by atoms with van der Waals surface area (Å²) in [6, 6.07) is 15.8. The first-order valence-corrected chi connectivity index (χ1v) is 12.1. The number of nitrogens with one attached hydrogen (secondary N) is 1. The van der Waals surface area contributed by atoms with Crippen molar-refractivity contribution in [3.63, 3.8) is 0 Å². The summed E-state index contributed by atoms with van der Waals surface area (Å²) in [5, 5.41) is 12.5. The highest BCUT2D eigenvalue weighted by Gasteiger charge is 2.27. The number of carbonyl (C=O) groups is 2. The molecule has 0 bridgehead atoms. The number of aromatic nitrogens is 3. The lowest BCUT2D eigenvalue weighted by atomic mass is 9.99. The standard InChI is InChI=1S/C25H29N5O2S/c1-5-21(29(3)4)23-27-28-25(30(23)14-17-9-7-6-8-10-17)33-15-22(31)18-11-12-20-19(13-18)16(2)24(32)26-20/h6-13,16,21H,5,14-15H2,1-4H3,(H,26,32)/t16-,21+/m0/s1. The van der Waals surface area contributed by atoms with Gasteiger partial charge in [0.2, 0.25) is 5.91 Å². The molecule has 33 heavy (non-hydrogen) atoms. The number of thioether (sulfide) groups is 1. The largest absolute Gasteiger partial charge is 0.325 e. The van der Waals surface area contributed by atoms with E-state index in [1.165, 1.54) is 11.8 Å². The Morgan fingerprint density at radius 2 is 1.94 bits per heavy atom. The van der Waals surface area contributed by atoms with Crippen molar-refractivity contribution in [2.45, 2.75) is 43.9 Å². The maximum absolute atomic E-state index is 13.0. The summed E-state index contributed by atoms with van der Waals surface area (Å²) in [5.74, 6) is 0.883. The van der Waals surface area contributed by atoms with Gasteiger partial charge in [-0.2, -0.15) is 0 Å². The van der Waals surface area contributed by atoms with Crippen molar-refractivity contribution in [1.29, 1.82) is 0 Å². The predicted molar refractivity (Wildman–Crippen MR) is 131 cm³/mol. The van der Waals surface area contributed by atoms with Crippen LogP contribution >= 0.6 is 11.8 Å². The summed E-state index contributed by atoms with van der Waals surface area (Å²) in [7, 11) is 4.08. The molecule has 172 valence electrons. The second-order valence-corrected chi connectivity index (χ2v) is 9.47. The molecule has 0 spiro atoms. The predicted octanol–water partition coefficient (Wildman–Crippen LogP) is 4.37. The van der Waals surface area contributed by atoms with E-state index in [1.54, 1.807) is 6.07 Å². The first-order valence-electron chi connectivity index (χ1n) is 11.1. The van der Waals surface area contributed by atoms with Crippen molar-refractivity contribution in [1.82, 2.24) is 19.7 Å². The Morgan fingerprint density at radius 3 is 2.64 bits per heavy atom. The Hall–Kier alpha value is -2.97. The van der Waals surface area contributed by atoms with E-state index in [2.05, 4.69) is 44.0 Å². The van der Waals surface area contributed by atoms with Gasteiger partial charge in [0.15, 0.2) is 16.8 Å². The molecular weight excluding hydrogens is 434 g/mol. The molecule has 2 heterocycles. The van der Waals surface area contributed by atoms with Gasteiger partial charge in [-0.05, 0) is 56.8 Å². The van der Waals surface area contributed by atoms with Crippen LogP contribution in [0.3, 0.4) is 0 Å². The Labute approximate surface area is 198 Å². The van der Waals surface area contributed by atoms with E-state index >= 15 is 0 Å². The van der Waals surface area contributed by atoms with Crippen LogP contribution in [0.1, 0.15) is 59.5 Å². The fourth-order valence-corrected chi connectivity index (χ4v) is 4.99. The smallest absolute Gasteiger partial charge is 0.231 e. The van der Waals surface area contributed by atoms with Gasteiger partial charge in [0, 0.05) is 11.3 Å². The molecule has 0 saturated heterocycles. The minimum atomic E-state index is -0.242. The van der Waals surface area contributed by atoms with Crippen LogP contribution in [0.25, 0.3) is 0 Å². The summed E-state index contributed by atoms with van der Waals surface area (Å²) in [4.78, 5) is 27.1. The molecule has 8 heteroatoms. The number of ketones is 1. The molecular formula is C25H29N5O2S. The molecule has 3 aromatic rings. The Morgan fingerprint density at radius 1 is 1.18 bits per heavy atom. The van der Waals surface area contributed by atoms with E-state index in [1.807, 2.05) is 51.4 Å². The van der Waals surface area contributed by atoms with Crippen LogP contribution in [-0.4, -0.2) is 51.2 Å². The van der Waals surface area contributed by atoms with Crippen molar-refractivity contribution >= 4 is 29.1 Å². The lowest BCUT2D eigenvalue weighted by Crippen LogP contribution is -2.23. The Bertz CT molecular complexity index is 1160. The number of hydrogen-bond acceptors (Lipinski definition) is 6. The SMILES string of the molecule is CC[C@H](c1nnc(SCC(=O)c2ccc3c(c2)[C@H](C)C(=O)N3)n1Cc1ccccc1)N(C)C. The lowest BCUT2D eigenvalue weighted by Gasteiger charge is -2.23. The summed E-state index contributed by atoms with van der Waals surface area (Å²) < 4.78 is 2.12. The van der Waals surface area contributed by atoms with Gasteiger partial charge in [-0.1, -0.05) is 49.0 Å². The van der Waals surface area contributed by atoms with Gasteiger partial charge in [0.05, 0.1) is 24.3 Å². The third kappa shape index (κ3) is 4.86. The second-order valence-electron chi connectivity index (χ2n) is 8.52. The number of nitrogens with zero attached hydrogens (tertiary/aromatic N) is 4. The molecule has 1 amide bonds. The molecule has 0 radical (unpaired) electrons. The molecule has 0 saturated carbocycles. The highest BCUT2D eigenvalue weighted by Crippen LogP contribution is 2.33. The maximum atomic E-state index is 13.0. The van der Waals surface area contributed by atoms with Crippen LogP contribution in [0.4, 0.5) is 5.69 Å². The molecule has 7 nitrogen and oxygen atoms in total. The number of hydrogen-bond donors (Lipinski definition) is 1. The summed E-state index contributed by atoms with van der Waals surface area (Å²) in [5.41, 5.74) is 3.43. The Kier molecular flexibility index (Phi) is 6.95. The van der Waals surface area contributed by atoms with Crippen molar-refractivity contribution < 1.29 is 9.59 Å². The van der Waals surface area contributed by atoms with Crippen LogP contribution in [-0.2, 0) is 11.3 Å². The van der Waals surface area contributed by atoms with Crippen LogP contribution in [0.2, 0.25) is 0 Å². The van der Waals surface area contributed by atoms with Crippen molar-refractivity contribution in [2.24, 2.45) is 0 Å². The van der Waals surface area contributed by atoms with Gasteiger partial charge in [0.25, 0.3) is 0 Å². The summed E-state index contributed by atoms with van der Waals surface area (Å²) in [6.07, 6.45) is 0.906. The molecule has 2 aromatic carbocycles. The molecule has 1 N–H and O–H groups in total. The van der Waals surface area contributed by atoms with Gasteiger partial charge >= 0.3 is 0 Å². The molecule has 0 fully saturated rings. The molecule has 1 aliphatic rings. The zero-order chi connectivity index (χ0) is 23.5. The van der Waals surface area contributed by atoms with Gasteiger partial charge in [-0.15, -0.1) is 10.2 Å². The number of fused-ring (bicyclic) bond motifs is 1. The minimum absolute atomic E-state index is 0.00445. The van der Waals surface area contributed by atoms with E-state index in [9.17, 15) is 9.59 Å². The number of anilines is 1. The molecule has 2 atom stereocenters. The Balaban J connectivity index is 1.56. The van der Waals surface area contributed by atoms with Gasteiger partial charge in [-0.3, -0.25) is 14.5 Å². The monoisotopic (exact) mass is 463 g/mol. The molecule has 0 aliphatic carbocycles.